The first kappa shape index (κ1) is 27.0. The summed E-state index contributed by atoms with van der Waals surface area (Å²) in [5.74, 6) is 1.92. The van der Waals surface area contributed by atoms with Gasteiger partial charge in [-0.2, -0.15) is 0 Å². The Bertz CT molecular complexity index is 226. The second-order valence-electron chi connectivity index (χ2n) is 9.01. The van der Waals surface area contributed by atoms with Gasteiger partial charge in [0.05, 0.1) is 0 Å². The van der Waals surface area contributed by atoms with Gasteiger partial charge < -0.3 is 0 Å². The molecule has 0 bridgehead atoms. The van der Waals surface area contributed by atoms with Gasteiger partial charge >= 0.3 is 0 Å². The molecule has 0 fully saturated rings. The first-order valence-corrected chi connectivity index (χ1v) is 13.2. The maximum Gasteiger partial charge on any atom is -0.0241 e. The van der Waals surface area contributed by atoms with Gasteiger partial charge in [0.15, 0.2) is 0 Å². The molecular formula is C27H55. The molecule has 0 aliphatic rings. The quantitative estimate of drug-likeness (QED) is 0.155. The maximum absolute atomic E-state index is 2.32. The highest BCUT2D eigenvalue weighted by Gasteiger charge is 2.09. The van der Waals surface area contributed by atoms with Crippen molar-refractivity contribution < 1.29 is 0 Å². The Hall–Kier alpha value is 0. The topological polar surface area (TPSA) is 0 Å². The van der Waals surface area contributed by atoms with E-state index in [0.717, 1.165) is 0 Å². The Balaban J connectivity index is 3.78. The molecule has 0 heterocycles. The number of unbranched alkanes of at least 4 members (excludes halogenated alkanes) is 17. The molecule has 0 saturated carbocycles. The molecule has 0 aromatic carbocycles. The minimum absolute atomic E-state index is 1.37. The zero-order valence-electron chi connectivity index (χ0n) is 19.8. The lowest BCUT2D eigenvalue weighted by atomic mass is 9.89. The van der Waals surface area contributed by atoms with Crippen LogP contribution in [0.5, 0.6) is 0 Å². The van der Waals surface area contributed by atoms with E-state index >= 15 is 0 Å². The molecule has 0 aromatic rings. The predicted molar refractivity (Wildman–Crippen MR) is 126 cm³/mol. The van der Waals surface area contributed by atoms with Crippen LogP contribution in [0.4, 0.5) is 0 Å². The van der Waals surface area contributed by atoms with Gasteiger partial charge in [0.1, 0.15) is 0 Å². The Morgan fingerprint density at radius 3 is 0.778 bits per heavy atom. The van der Waals surface area contributed by atoms with Gasteiger partial charge in [-0.25, -0.2) is 0 Å². The number of hydrogen-bond donors (Lipinski definition) is 0. The molecule has 0 spiro atoms. The first-order valence-electron chi connectivity index (χ1n) is 13.2. The summed E-state index contributed by atoms with van der Waals surface area (Å²) < 4.78 is 0. The average molecular weight is 380 g/mol. The lowest BCUT2D eigenvalue weighted by molar-refractivity contribution is 0.509. The van der Waals surface area contributed by atoms with Gasteiger partial charge in [0, 0.05) is 0 Å². The van der Waals surface area contributed by atoms with E-state index in [1.54, 1.807) is 0 Å². The monoisotopic (exact) mass is 379 g/mol. The summed E-state index contributed by atoms with van der Waals surface area (Å²) in [6, 6.07) is 0. The second-order valence-corrected chi connectivity index (χ2v) is 9.01. The predicted octanol–water partition coefficient (Wildman–Crippen LogP) is 10.6. The summed E-state index contributed by atoms with van der Waals surface area (Å²) in [4.78, 5) is 0. The largest absolute Gasteiger partial charge is 0.0654 e. The van der Waals surface area contributed by atoms with Gasteiger partial charge in [-0.1, -0.05) is 149 Å². The number of rotatable bonds is 23. The SMILES string of the molecule is CCCCCCCCC[C](CCCCCCCC)CCCCCCCCC. The van der Waals surface area contributed by atoms with Crippen LogP contribution in [-0.4, -0.2) is 0 Å². The van der Waals surface area contributed by atoms with E-state index in [0.29, 0.717) is 0 Å². The van der Waals surface area contributed by atoms with E-state index in [1.807, 2.05) is 5.92 Å². The molecule has 0 aromatic heterocycles. The molecule has 0 rings (SSSR count). The summed E-state index contributed by atoms with van der Waals surface area (Å²) in [6.07, 6.45) is 33.3. The highest BCUT2D eigenvalue weighted by molar-refractivity contribution is 4.89. The van der Waals surface area contributed by atoms with Crippen LogP contribution in [0.15, 0.2) is 0 Å². The molecule has 163 valence electrons. The molecule has 0 atom stereocenters. The Morgan fingerprint density at radius 1 is 0.296 bits per heavy atom. The standard InChI is InChI=1S/C27H55/c1-4-7-10-13-16-19-22-25-27(24-21-18-15-12-9-6-3)26-23-20-17-14-11-8-5-2/h4-26H2,1-3H3. The van der Waals surface area contributed by atoms with Crippen LogP contribution in [0.2, 0.25) is 0 Å². The lowest BCUT2D eigenvalue weighted by Crippen LogP contribution is -1.99. The van der Waals surface area contributed by atoms with Crippen LogP contribution >= 0.6 is 0 Å². The molecule has 0 saturated heterocycles. The average Bonchev–Trinajstić information content (AvgIpc) is 2.68. The van der Waals surface area contributed by atoms with Crippen LogP contribution in [0.1, 0.15) is 168 Å². The minimum Gasteiger partial charge on any atom is -0.0654 e. The lowest BCUT2D eigenvalue weighted by Gasteiger charge is -2.16. The molecule has 0 aliphatic heterocycles. The van der Waals surface area contributed by atoms with Crippen molar-refractivity contribution in [2.75, 3.05) is 0 Å². The van der Waals surface area contributed by atoms with E-state index in [2.05, 4.69) is 20.8 Å². The Morgan fingerprint density at radius 2 is 0.519 bits per heavy atom. The van der Waals surface area contributed by atoms with Crippen molar-refractivity contribution in [1.82, 2.24) is 0 Å². The van der Waals surface area contributed by atoms with E-state index in [1.165, 1.54) is 148 Å². The zero-order chi connectivity index (χ0) is 19.8. The van der Waals surface area contributed by atoms with Crippen molar-refractivity contribution in [2.24, 2.45) is 0 Å². The fourth-order valence-electron chi connectivity index (χ4n) is 4.19. The van der Waals surface area contributed by atoms with Crippen LogP contribution < -0.4 is 0 Å². The van der Waals surface area contributed by atoms with Crippen molar-refractivity contribution in [3.63, 3.8) is 0 Å². The highest BCUT2D eigenvalue weighted by atomic mass is 14.1. The highest BCUT2D eigenvalue weighted by Crippen LogP contribution is 2.26. The van der Waals surface area contributed by atoms with E-state index < -0.39 is 0 Å². The molecule has 0 N–H and O–H groups in total. The zero-order valence-corrected chi connectivity index (χ0v) is 19.8. The third-order valence-electron chi connectivity index (χ3n) is 6.15. The van der Waals surface area contributed by atoms with Crippen molar-refractivity contribution in [3.05, 3.63) is 5.92 Å². The summed E-state index contributed by atoms with van der Waals surface area (Å²) in [7, 11) is 0. The number of hydrogen-bond acceptors (Lipinski definition) is 0. The molecule has 0 nitrogen and oxygen atoms in total. The minimum atomic E-state index is 1.37. The van der Waals surface area contributed by atoms with Crippen LogP contribution in [0, 0.1) is 5.92 Å². The summed E-state index contributed by atoms with van der Waals surface area (Å²) in [6.45, 7) is 6.94. The summed E-state index contributed by atoms with van der Waals surface area (Å²) in [5.41, 5.74) is 0. The fraction of sp³-hybridized carbons (Fsp3) is 0.963. The van der Waals surface area contributed by atoms with Crippen LogP contribution in [0.25, 0.3) is 0 Å². The van der Waals surface area contributed by atoms with E-state index in [-0.39, 0.29) is 0 Å². The third kappa shape index (κ3) is 22.2. The first-order chi connectivity index (χ1) is 13.3. The Kier molecular flexibility index (Phi) is 24.0. The molecule has 0 aliphatic carbocycles. The fourth-order valence-corrected chi connectivity index (χ4v) is 4.19. The molecule has 0 unspecified atom stereocenters. The second kappa shape index (κ2) is 24.0. The molecular weight excluding hydrogens is 324 g/mol. The summed E-state index contributed by atoms with van der Waals surface area (Å²) in [5, 5.41) is 0. The van der Waals surface area contributed by atoms with Gasteiger partial charge in [0.2, 0.25) is 0 Å². The van der Waals surface area contributed by atoms with E-state index in [9.17, 15) is 0 Å². The Labute approximate surface area is 174 Å². The van der Waals surface area contributed by atoms with Crippen LogP contribution in [0.3, 0.4) is 0 Å². The van der Waals surface area contributed by atoms with E-state index in [4.69, 9.17) is 0 Å². The molecule has 0 heteroatoms. The smallest absolute Gasteiger partial charge is 0.0241 e. The van der Waals surface area contributed by atoms with Gasteiger partial charge in [-0.3, -0.25) is 0 Å². The summed E-state index contributed by atoms with van der Waals surface area (Å²) >= 11 is 0. The molecule has 27 heavy (non-hydrogen) atoms. The normalized spacial score (nSPS) is 11.6. The van der Waals surface area contributed by atoms with Crippen molar-refractivity contribution in [1.29, 1.82) is 0 Å². The maximum atomic E-state index is 2.32. The van der Waals surface area contributed by atoms with Crippen molar-refractivity contribution >= 4 is 0 Å². The van der Waals surface area contributed by atoms with Crippen LogP contribution in [-0.2, 0) is 0 Å². The van der Waals surface area contributed by atoms with Gasteiger partial charge in [-0.05, 0) is 25.2 Å². The van der Waals surface area contributed by atoms with Gasteiger partial charge in [0.25, 0.3) is 0 Å². The molecule has 0 amide bonds. The molecule has 1 radical (unpaired) electrons. The van der Waals surface area contributed by atoms with Gasteiger partial charge in [-0.15, -0.1) is 0 Å². The third-order valence-corrected chi connectivity index (χ3v) is 6.15. The van der Waals surface area contributed by atoms with Crippen molar-refractivity contribution in [3.8, 4) is 0 Å². The van der Waals surface area contributed by atoms with Crippen molar-refractivity contribution in [2.45, 2.75) is 168 Å².